The van der Waals surface area contributed by atoms with Crippen molar-refractivity contribution in [2.75, 3.05) is 7.11 Å². The minimum absolute atomic E-state index is 0.158. The monoisotopic (exact) mass is 256 g/mol. The maximum Gasteiger partial charge on any atom is 0.305 e. The van der Waals surface area contributed by atoms with Crippen LogP contribution in [0.4, 0.5) is 0 Å². The zero-order chi connectivity index (χ0) is 10.4. The molecule has 0 aliphatic heterocycles. The normalized spacial score (nSPS) is 9.86. The van der Waals surface area contributed by atoms with Gasteiger partial charge in [0.25, 0.3) is 0 Å². The number of methoxy groups -OCH3 is 1. The van der Waals surface area contributed by atoms with Gasteiger partial charge in [0.05, 0.1) is 7.11 Å². The number of rotatable bonds is 4. The SMILES string of the molecule is COC(=O)CCc1ccc(CBr)cc1. The molecule has 1 aromatic rings. The molecule has 0 atom stereocenters. The van der Waals surface area contributed by atoms with Gasteiger partial charge in [-0.15, -0.1) is 0 Å². The van der Waals surface area contributed by atoms with Crippen molar-refractivity contribution >= 4 is 21.9 Å². The molecule has 14 heavy (non-hydrogen) atoms. The van der Waals surface area contributed by atoms with Gasteiger partial charge in [-0.05, 0) is 17.5 Å². The van der Waals surface area contributed by atoms with Gasteiger partial charge in [0.1, 0.15) is 0 Å². The molecular weight excluding hydrogens is 244 g/mol. The van der Waals surface area contributed by atoms with Crippen LogP contribution in [0, 0.1) is 0 Å². The molecule has 0 fully saturated rings. The molecule has 0 bridgehead atoms. The Bertz CT molecular complexity index is 293. The van der Waals surface area contributed by atoms with E-state index in [0.29, 0.717) is 6.42 Å². The van der Waals surface area contributed by atoms with E-state index in [4.69, 9.17) is 0 Å². The Labute approximate surface area is 92.4 Å². The summed E-state index contributed by atoms with van der Waals surface area (Å²) in [4.78, 5) is 10.9. The van der Waals surface area contributed by atoms with E-state index in [9.17, 15) is 4.79 Å². The fourth-order valence-corrected chi connectivity index (χ4v) is 1.52. The van der Waals surface area contributed by atoms with Crippen LogP contribution in [0.1, 0.15) is 17.5 Å². The highest BCUT2D eigenvalue weighted by atomic mass is 79.9. The zero-order valence-electron chi connectivity index (χ0n) is 8.13. The zero-order valence-corrected chi connectivity index (χ0v) is 9.71. The van der Waals surface area contributed by atoms with Crippen molar-refractivity contribution in [2.24, 2.45) is 0 Å². The fourth-order valence-electron chi connectivity index (χ4n) is 1.14. The van der Waals surface area contributed by atoms with E-state index in [1.54, 1.807) is 0 Å². The highest BCUT2D eigenvalue weighted by Gasteiger charge is 2.00. The van der Waals surface area contributed by atoms with Crippen LogP contribution in [0.15, 0.2) is 24.3 Å². The number of carbonyl (C=O) groups is 1. The summed E-state index contributed by atoms with van der Waals surface area (Å²) in [5.41, 5.74) is 2.41. The van der Waals surface area contributed by atoms with Crippen LogP contribution in [0.2, 0.25) is 0 Å². The van der Waals surface area contributed by atoms with Crippen LogP contribution >= 0.6 is 15.9 Å². The molecule has 1 rings (SSSR count). The Kier molecular flexibility index (Phi) is 4.66. The second kappa shape index (κ2) is 5.81. The van der Waals surface area contributed by atoms with E-state index in [0.717, 1.165) is 11.8 Å². The predicted molar refractivity (Wildman–Crippen MR) is 59.4 cm³/mol. The summed E-state index contributed by atoms with van der Waals surface area (Å²) in [5, 5.41) is 0.865. The molecule has 0 aromatic heterocycles. The van der Waals surface area contributed by atoms with Crippen LogP contribution in [0.3, 0.4) is 0 Å². The topological polar surface area (TPSA) is 26.3 Å². The maximum atomic E-state index is 10.9. The van der Waals surface area contributed by atoms with E-state index in [-0.39, 0.29) is 5.97 Å². The van der Waals surface area contributed by atoms with Crippen LogP contribution in [-0.2, 0) is 21.3 Å². The fraction of sp³-hybridized carbons (Fsp3) is 0.364. The number of alkyl halides is 1. The predicted octanol–water partition coefficient (Wildman–Crippen LogP) is 2.69. The van der Waals surface area contributed by atoms with E-state index in [1.807, 2.05) is 12.1 Å². The first-order chi connectivity index (χ1) is 6.76. The van der Waals surface area contributed by atoms with E-state index < -0.39 is 0 Å². The van der Waals surface area contributed by atoms with Crippen molar-refractivity contribution < 1.29 is 9.53 Å². The van der Waals surface area contributed by atoms with Crippen molar-refractivity contribution in [2.45, 2.75) is 18.2 Å². The molecular formula is C11H13BrO2. The molecule has 0 unspecified atom stereocenters. The molecule has 1 aromatic carbocycles. The largest absolute Gasteiger partial charge is 0.469 e. The summed E-state index contributed by atoms with van der Waals surface area (Å²) >= 11 is 3.38. The molecule has 0 N–H and O–H groups in total. The average Bonchev–Trinajstić information content (AvgIpc) is 2.26. The van der Waals surface area contributed by atoms with Crippen molar-refractivity contribution in [3.8, 4) is 0 Å². The maximum absolute atomic E-state index is 10.9. The summed E-state index contributed by atoms with van der Waals surface area (Å²) in [6.45, 7) is 0. The van der Waals surface area contributed by atoms with E-state index in [1.165, 1.54) is 18.2 Å². The lowest BCUT2D eigenvalue weighted by molar-refractivity contribution is -0.140. The van der Waals surface area contributed by atoms with Crippen LogP contribution < -0.4 is 0 Å². The van der Waals surface area contributed by atoms with Gasteiger partial charge in [-0.25, -0.2) is 0 Å². The number of esters is 1. The van der Waals surface area contributed by atoms with Crippen molar-refractivity contribution in [1.82, 2.24) is 0 Å². The van der Waals surface area contributed by atoms with Gasteiger partial charge in [-0.2, -0.15) is 0 Å². The number of hydrogen-bond donors (Lipinski definition) is 0. The molecule has 2 nitrogen and oxygen atoms in total. The first-order valence-corrected chi connectivity index (χ1v) is 5.59. The highest BCUT2D eigenvalue weighted by Crippen LogP contribution is 2.09. The quantitative estimate of drug-likeness (QED) is 0.612. The number of benzene rings is 1. The number of carbonyl (C=O) groups excluding carboxylic acids is 1. The van der Waals surface area contributed by atoms with Gasteiger partial charge in [0, 0.05) is 11.8 Å². The van der Waals surface area contributed by atoms with Gasteiger partial charge in [-0.1, -0.05) is 40.2 Å². The van der Waals surface area contributed by atoms with Crippen molar-refractivity contribution in [1.29, 1.82) is 0 Å². The summed E-state index contributed by atoms with van der Waals surface area (Å²) in [6, 6.07) is 8.20. The summed E-state index contributed by atoms with van der Waals surface area (Å²) in [5.74, 6) is -0.158. The molecule has 0 aliphatic rings. The van der Waals surface area contributed by atoms with E-state index in [2.05, 4.69) is 32.8 Å². The summed E-state index contributed by atoms with van der Waals surface area (Å²) < 4.78 is 4.57. The molecule has 0 spiro atoms. The molecule has 76 valence electrons. The second-order valence-electron chi connectivity index (χ2n) is 3.03. The molecule has 0 heterocycles. The number of ether oxygens (including phenoxy) is 1. The van der Waals surface area contributed by atoms with Crippen LogP contribution in [-0.4, -0.2) is 13.1 Å². The van der Waals surface area contributed by atoms with Crippen molar-refractivity contribution in [3.05, 3.63) is 35.4 Å². The van der Waals surface area contributed by atoms with Gasteiger partial charge >= 0.3 is 5.97 Å². The molecule has 0 radical (unpaired) electrons. The highest BCUT2D eigenvalue weighted by molar-refractivity contribution is 9.08. The standard InChI is InChI=1S/C11H13BrO2/c1-14-11(13)7-6-9-2-4-10(8-12)5-3-9/h2-5H,6-8H2,1H3. The number of hydrogen-bond acceptors (Lipinski definition) is 2. The lowest BCUT2D eigenvalue weighted by atomic mass is 10.1. The summed E-state index contributed by atoms with van der Waals surface area (Å²) in [7, 11) is 1.41. The van der Waals surface area contributed by atoms with Crippen LogP contribution in [0.5, 0.6) is 0 Å². The Morgan fingerprint density at radius 3 is 2.36 bits per heavy atom. The molecule has 0 saturated carbocycles. The smallest absolute Gasteiger partial charge is 0.305 e. The lowest BCUT2D eigenvalue weighted by Gasteiger charge is -2.01. The summed E-state index contributed by atoms with van der Waals surface area (Å²) in [6.07, 6.45) is 1.19. The molecule has 0 saturated heterocycles. The Morgan fingerprint density at radius 1 is 1.29 bits per heavy atom. The molecule has 0 aliphatic carbocycles. The number of aryl methyl sites for hydroxylation is 1. The third kappa shape index (κ3) is 3.50. The van der Waals surface area contributed by atoms with Gasteiger partial charge < -0.3 is 4.74 Å². The van der Waals surface area contributed by atoms with Gasteiger partial charge in [0.2, 0.25) is 0 Å². The first-order valence-electron chi connectivity index (χ1n) is 4.47. The van der Waals surface area contributed by atoms with Crippen LogP contribution in [0.25, 0.3) is 0 Å². The lowest BCUT2D eigenvalue weighted by Crippen LogP contribution is -2.01. The first kappa shape index (κ1) is 11.2. The molecule has 0 amide bonds. The minimum Gasteiger partial charge on any atom is -0.469 e. The minimum atomic E-state index is -0.158. The Hall–Kier alpha value is -0.830. The molecule has 3 heteroatoms. The Morgan fingerprint density at radius 2 is 1.86 bits per heavy atom. The van der Waals surface area contributed by atoms with E-state index >= 15 is 0 Å². The van der Waals surface area contributed by atoms with Gasteiger partial charge in [-0.3, -0.25) is 4.79 Å². The Balaban J connectivity index is 2.47. The average molecular weight is 257 g/mol. The van der Waals surface area contributed by atoms with Crippen molar-refractivity contribution in [3.63, 3.8) is 0 Å². The number of halogens is 1. The third-order valence-corrected chi connectivity index (χ3v) is 2.67. The van der Waals surface area contributed by atoms with Gasteiger partial charge in [0.15, 0.2) is 0 Å². The third-order valence-electron chi connectivity index (χ3n) is 2.02. The second-order valence-corrected chi connectivity index (χ2v) is 3.59.